The largest absolute Gasteiger partial charge is 0.301 e. The zero-order valence-corrected chi connectivity index (χ0v) is 10.3. The van der Waals surface area contributed by atoms with Gasteiger partial charge in [0.1, 0.15) is 0 Å². The van der Waals surface area contributed by atoms with Crippen molar-refractivity contribution in [2.24, 2.45) is 0 Å². The van der Waals surface area contributed by atoms with E-state index in [1.807, 2.05) is 0 Å². The van der Waals surface area contributed by atoms with E-state index >= 15 is 0 Å². The summed E-state index contributed by atoms with van der Waals surface area (Å²) in [6.07, 6.45) is 3.87. The number of hydrogen-bond donors (Lipinski definition) is 1. The maximum Gasteiger partial charge on any atom is 0.0110 e. The predicted molar refractivity (Wildman–Crippen MR) is 66.3 cm³/mol. The molecule has 0 aromatic carbocycles. The van der Waals surface area contributed by atoms with Gasteiger partial charge in [0.05, 0.1) is 0 Å². The summed E-state index contributed by atoms with van der Waals surface area (Å²) in [5, 5.41) is 0. The Balaban J connectivity index is 2.03. The summed E-state index contributed by atoms with van der Waals surface area (Å²) in [6.45, 7) is 9.91. The molecule has 1 heterocycles. The van der Waals surface area contributed by atoms with Gasteiger partial charge in [-0.2, -0.15) is 12.6 Å². The van der Waals surface area contributed by atoms with E-state index in [9.17, 15) is 0 Å². The topological polar surface area (TPSA) is 6.48 Å². The van der Waals surface area contributed by atoms with Crippen molar-refractivity contribution in [1.82, 2.24) is 9.80 Å². The highest BCUT2D eigenvalue weighted by Crippen LogP contribution is 2.04. The molecule has 0 aliphatic carbocycles. The van der Waals surface area contributed by atoms with Gasteiger partial charge in [0, 0.05) is 26.2 Å². The van der Waals surface area contributed by atoms with E-state index in [0.29, 0.717) is 0 Å². The van der Waals surface area contributed by atoms with Crippen molar-refractivity contribution in [2.45, 2.75) is 26.2 Å². The van der Waals surface area contributed by atoms with E-state index in [2.05, 4.69) is 29.4 Å². The lowest BCUT2D eigenvalue weighted by molar-refractivity contribution is 0.131. The first-order chi connectivity index (χ1) is 6.86. The van der Waals surface area contributed by atoms with Crippen LogP contribution in [-0.2, 0) is 0 Å². The second-order valence-corrected chi connectivity index (χ2v) is 4.56. The average Bonchev–Trinajstić information content (AvgIpc) is 2.21. The summed E-state index contributed by atoms with van der Waals surface area (Å²) in [6, 6.07) is 0. The van der Waals surface area contributed by atoms with Gasteiger partial charge in [0.2, 0.25) is 0 Å². The van der Waals surface area contributed by atoms with E-state index in [4.69, 9.17) is 0 Å². The molecular formula is C11H24N2S. The van der Waals surface area contributed by atoms with Crippen LogP contribution in [0.25, 0.3) is 0 Å². The van der Waals surface area contributed by atoms with Gasteiger partial charge in [0.15, 0.2) is 0 Å². The highest BCUT2D eigenvalue weighted by Gasteiger charge is 2.14. The summed E-state index contributed by atoms with van der Waals surface area (Å²) in [5.74, 6) is 1.04. The molecule has 0 amide bonds. The molecule has 0 spiro atoms. The Morgan fingerprint density at radius 3 is 2.00 bits per heavy atom. The van der Waals surface area contributed by atoms with Crippen molar-refractivity contribution in [3.8, 4) is 0 Å². The quantitative estimate of drug-likeness (QED) is 0.533. The predicted octanol–water partition coefficient (Wildman–Crippen LogP) is 1.72. The van der Waals surface area contributed by atoms with E-state index in [1.165, 1.54) is 58.5 Å². The average molecular weight is 216 g/mol. The molecule has 1 aliphatic heterocycles. The highest BCUT2D eigenvalue weighted by atomic mass is 32.1. The third-order valence-electron chi connectivity index (χ3n) is 2.89. The van der Waals surface area contributed by atoms with Crippen LogP contribution in [0.1, 0.15) is 26.2 Å². The Morgan fingerprint density at radius 2 is 1.50 bits per heavy atom. The molecule has 0 N–H and O–H groups in total. The molecule has 0 saturated carbocycles. The molecule has 0 aromatic rings. The molecule has 14 heavy (non-hydrogen) atoms. The van der Waals surface area contributed by atoms with Crippen LogP contribution in [0.4, 0.5) is 0 Å². The van der Waals surface area contributed by atoms with Gasteiger partial charge in [-0.1, -0.05) is 6.92 Å². The third kappa shape index (κ3) is 4.67. The monoisotopic (exact) mass is 216 g/mol. The van der Waals surface area contributed by atoms with Crippen LogP contribution >= 0.6 is 12.6 Å². The molecule has 3 heteroatoms. The lowest BCUT2D eigenvalue weighted by Gasteiger charge is -2.34. The van der Waals surface area contributed by atoms with Crippen LogP contribution in [0.15, 0.2) is 0 Å². The number of hydrogen-bond acceptors (Lipinski definition) is 3. The van der Waals surface area contributed by atoms with Gasteiger partial charge in [-0.3, -0.25) is 0 Å². The molecule has 0 radical (unpaired) electrons. The number of rotatable bonds is 6. The first-order valence-corrected chi connectivity index (χ1v) is 6.55. The van der Waals surface area contributed by atoms with Gasteiger partial charge in [-0.25, -0.2) is 0 Å². The normalized spacial score (nSPS) is 20.1. The maximum atomic E-state index is 4.23. The van der Waals surface area contributed by atoms with Crippen LogP contribution < -0.4 is 0 Å². The zero-order valence-electron chi connectivity index (χ0n) is 9.41. The van der Waals surface area contributed by atoms with Crippen LogP contribution in [0.5, 0.6) is 0 Å². The molecule has 1 saturated heterocycles. The molecule has 1 rings (SSSR count). The van der Waals surface area contributed by atoms with Gasteiger partial charge in [-0.05, 0) is 38.1 Å². The molecule has 0 atom stereocenters. The molecular weight excluding hydrogens is 192 g/mol. The fraction of sp³-hybridized carbons (Fsp3) is 1.00. The second-order valence-electron chi connectivity index (χ2n) is 4.11. The van der Waals surface area contributed by atoms with Gasteiger partial charge < -0.3 is 9.80 Å². The number of thiol groups is 1. The fourth-order valence-corrected chi connectivity index (χ4v) is 2.22. The van der Waals surface area contributed by atoms with Crippen LogP contribution in [-0.4, -0.2) is 54.8 Å². The van der Waals surface area contributed by atoms with Crippen molar-refractivity contribution < 1.29 is 0 Å². The minimum Gasteiger partial charge on any atom is -0.301 e. The van der Waals surface area contributed by atoms with Gasteiger partial charge in [0.25, 0.3) is 0 Å². The van der Waals surface area contributed by atoms with Crippen LogP contribution in [0, 0.1) is 0 Å². The molecule has 1 aliphatic rings. The number of piperazine rings is 1. The molecule has 0 bridgehead atoms. The first-order valence-electron chi connectivity index (χ1n) is 5.92. The first kappa shape index (κ1) is 12.3. The van der Waals surface area contributed by atoms with Crippen molar-refractivity contribution in [1.29, 1.82) is 0 Å². The summed E-state index contributed by atoms with van der Waals surface area (Å²) in [4.78, 5) is 5.17. The summed E-state index contributed by atoms with van der Waals surface area (Å²) >= 11 is 4.23. The highest BCUT2D eigenvalue weighted by molar-refractivity contribution is 7.80. The van der Waals surface area contributed by atoms with E-state index in [1.54, 1.807) is 0 Å². The fourth-order valence-electron chi connectivity index (χ4n) is 2.00. The lowest BCUT2D eigenvalue weighted by atomic mass is 10.2. The van der Waals surface area contributed by atoms with Gasteiger partial charge >= 0.3 is 0 Å². The Kier molecular flexibility index (Phi) is 6.65. The summed E-state index contributed by atoms with van der Waals surface area (Å²) in [5.41, 5.74) is 0. The SMILES string of the molecule is CCCN1CCN(CCCCS)CC1. The van der Waals surface area contributed by atoms with Crippen molar-refractivity contribution in [2.75, 3.05) is 45.0 Å². The van der Waals surface area contributed by atoms with Crippen molar-refractivity contribution in [3.05, 3.63) is 0 Å². The van der Waals surface area contributed by atoms with Crippen molar-refractivity contribution >= 4 is 12.6 Å². The Hall–Kier alpha value is 0.270. The lowest BCUT2D eigenvalue weighted by Crippen LogP contribution is -2.46. The molecule has 0 unspecified atom stereocenters. The standard InChI is InChI=1S/C11H24N2S/c1-2-5-12-7-9-13(10-8-12)6-3-4-11-14/h14H,2-11H2,1H3. The van der Waals surface area contributed by atoms with Gasteiger partial charge in [-0.15, -0.1) is 0 Å². The van der Waals surface area contributed by atoms with E-state index < -0.39 is 0 Å². The molecule has 2 nitrogen and oxygen atoms in total. The smallest absolute Gasteiger partial charge is 0.0110 e. The van der Waals surface area contributed by atoms with E-state index in [-0.39, 0.29) is 0 Å². The Bertz CT molecular complexity index is 133. The van der Waals surface area contributed by atoms with Crippen molar-refractivity contribution in [3.63, 3.8) is 0 Å². The summed E-state index contributed by atoms with van der Waals surface area (Å²) < 4.78 is 0. The molecule has 84 valence electrons. The maximum absolute atomic E-state index is 4.23. The molecule has 0 aromatic heterocycles. The third-order valence-corrected chi connectivity index (χ3v) is 3.20. The Labute approximate surface area is 94.1 Å². The Morgan fingerprint density at radius 1 is 0.929 bits per heavy atom. The van der Waals surface area contributed by atoms with Crippen LogP contribution in [0.2, 0.25) is 0 Å². The number of unbranched alkanes of at least 4 members (excludes halogenated alkanes) is 1. The second kappa shape index (κ2) is 7.55. The minimum absolute atomic E-state index is 1.04. The zero-order chi connectivity index (χ0) is 10.2. The van der Waals surface area contributed by atoms with E-state index in [0.717, 1.165) is 5.75 Å². The number of nitrogens with zero attached hydrogens (tertiary/aromatic N) is 2. The summed E-state index contributed by atoms with van der Waals surface area (Å²) in [7, 11) is 0. The van der Waals surface area contributed by atoms with Crippen LogP contribution in [0.3, 0.4) is 0 Å². The minimum atomic E-state index is 1.04. The molecule has 1 fully saturated rings.